The van der Waals surface area contributed by atoms with Gasteiger partial charge < -0.3 is 4.98 Å². The molecule has 1 N–H and O–H groups in total. The molecule has 1 rings (SSSR count). The Labute approximate surface area is 88.4 Å². The number of rotatable bonds is 2. The fourth-order valence-corrected chi connectivity index (χ4v) is 1.28. The molecule has 0 saturated heterocycles. The first kappa shape index (κ1) is 11.0. The number of hydrogen-bond acceptors (Lipinski definition) is 2. The largest absolute Gasteiger partial charge is 0.327 e. The topological polar surface area (TPSA) is 56.6 Å². The van der Waals surface area contributed by atoms with Gasteiger partial charge in [0.05, 0.1) is 5.56 Å². The highest BCUT2D eigenvalue weighted by Crippen LogP contribution is 2.12. The molecule has 0 spiro atoms. The molecule has 0 unspecified atom stereocenters. The van der Waals surface area contributed by atoms with Crippen LogP contribution in [0.1, 0.15) is 25.0 Å². The predicted molar refractivity (Wildman–Crippen MR) is 60.2 cm³/mol. The summed E-state index contributed by atoms with van der Waals surface area (Å²) in [6.45, 7) is 3.74. The lowest BCUT2D eigenvalue weighted by molar-refractivity contribution is 1.20. The summed E-state index contributed by atoms with van der Waals surface area (Å²) in [5.41, 5.74) is 1.61. The third-order valence-corrected chi connectivity index (χ3v) is 2.00. The Morgan fingerprint density at radius 3 is 2.80 bits per heavy atom. The molecule has 0 bridgehead atoms. The van der Waals surface area contributed by atoms with Crippen molar-refractivity contribution in [2.24, 2.45) is 0 Å². The lowest BCUT2D eigenvalue weighted by Gasteiger charge is -2.00. The lowest BCUT2D eigenvalue weighted by Crippen LogP contribution is -2.11. The SMILES string of the molecule is C/C=C\C(=C/C)c1cc(C#N)c[nH]c1=O. The van der Waals surface area contributed by atoms with Gasteiger partial charge in [0.25, 0.3) is 5.56 Å². The zero-order valence-electron chi connectivity index (χ0n) is 8.74. The molecule has 0 aromatic carbocycles. The summed E-state index contributed by atoms with van der Waals surface area (Å²) >= 11 is 0. The van der Waals surface area contributed by atoms with E-state index in [0.717, 1.165) is 5.57 Å². The normalized spacial score (nSPS) is 11.7. The van der Waals surface area contributed by atoms with Gasteiger partial charge in [0.15, 0.2) is 0 Å². The molecule has 3 nitrogen and oxygen atoms in total. The first-order valence-electron chi connectivity index (χ1n) is 4.65. The number of pyridine rings is 1. The van der Waals surface area contributed by atoms with Gasteiger partial charge >= 0.3 is 0 Å². The second-order valence-electron chi connectivity index (χ2n) is 2.99. The van der Waals surface area contributed by atoms with Crippen molar-refractivity contribution < 1.29 is 0 Å². The lowest BCUT2D eigenvalue weighted by atomic mass is 10.1. The molecule has 0 aliphatic rings. The van der Waals surface area contributed by atoms with E-state index in [4.69, 9.17) is 5.26 Å². The Kier molecular flexibility index (Phi) is 3.64. The van der Waals surface area contributed by atoms with Crippen LogP contribution < -0.4 is 5.56 Å². The molecular weight excluding hydrogens is 188 g/mol. The molecule has 1 aromatic rings. The van der Waals surface area contributed by atoms with E-state index in [0.29, 0.717) is 11.1 Å². The number of nitrogens with zero attached hydrogens (tertiary/aromatic N) is 1. The van der Waals surface area contributed by atoms with Crippen molar-refractivity contribution in [1.82, 2.24) is 4.98 Å². The van der Waals surface area contributed by atoms with Crippen LogP contribution in [0.15, 0.2) is 35.3 Å². The van der Waals surface area contributed by atoms with Gasteiger partial charge in [0.2, 0.25) is 0 Å². The van der Waals surface area contributed by atoms with Crippen molar-refractivity contribution in [2.75, 3.05) is 0 Å². The van der Waals surface area contributed by atoms with Gasteiger partial charge in [-0.3, -0.25) is 4.79 Å². The van der Waals surface area contributed by atoms with Gasteiger partial charge in [-0.25, -0.2) is 0 Å². The third kappa shape index (κ3) is 2.44. The number of allylic oxidation sites excluding steroid dienone is 4. The molecule has 0 fully saturated rings. The third-order valence-electron chi connectivity index (χ3n) is 2.00. The minimum Gasteiger partial charge on any atom is -0.327 e. The first-order valence-corrected chi connectivity index (χ1v) is 4.65. The molecule has 0 atom stereocenters. The Morgan fingerprint density at radius 1 is 1.53 bits per heavy atom. The maximum absolute atomic E-state index is 11.5. The van der Waals surface area contributed by atoms with Crippen LogP contribution in [0.3, 0.4) is 0 Å². The number of aromatic nitrogens is 1. The second-order valence-corrected chi connectivity index (χ2v) is 2.99. The Balaban J connectivity index is 3.36. The number of H-pyrrole nitrogens is 1. The summed E-state index contributed by atoms with van der Waals surface area (Å²) in [6, 6.07) is 3.59. The Hall–Kier alpha value is -2.08. The van der Waals surface area contributed by atoms with Gasteiger partial charge in [0.1, 0.15) is 6.07 Å². The first-order chi connectivity index (χ1) is 7.22. The van der Waals surface area contributed by atoms with E-state index in [1.807, 2.05) is 38.1 Å². The van der Waals surface area contributed by atoms with E-state index >= 15 is 0 Å². The number of aromatic amines is 1. The maximum atomic E-state index is 11.5. The Morgan fingerprint density at radius 2 is 2.27 bits per heavy atom. The smallest absolute Gasteiger partial charge is 0.255 e. The van der Waals surface area contributed by atoms with E-state index in [2.05, 4.69) is 4.98 Å². The van der Waals surface area contributed by atoms with Gasteiger partial charge in [0, 0.05) is 11.8 Å². The van der Waals surface area contributed by atoms with Crippen molar-refractivity contribution in [2.45, 2.75) is 13.8 Å². The number of hydrogen-bond donors (Lipinski definition) is 1. The minimum atomic E-state index is -0.180. The molecule has 15 heavy (non-hydrogen) atoms. The van der Waals surface area contributed by atoms with Crippen LogP contribution in [0, 0.1) is 11.3 Å². The summed E-state index contributed by atoms with van der Waals surface area (Å²) < 4.78 is 0. The monoisotopic (exact) mass is 200 g/mol. The average molecular weight is 200 g/mol. The van der Waals surface area contributed by atoms with E-state index < -0.39 is 0 Å². The molecule has 0 saturated carbocycles. The molecule has 0 radical (unpaired) electrons. The van der Waals surface area contributed by atoms with E-state index in [-0.39, 0.29) is 5.56 Å². The van der Waals surface area contributed by atoms with Crippen LogP contribution in [-0.2, 0) is 0 Å². The Bertz CT molecular complexity index is 501. The van der Waals surface area contributed by atoms with Crippen molar-refractivity contribution in [1.29, 1.82) is 5.26 Å². The van der Waals surface area contributed by atoms with Crippen LogP contribution in [0.2, 0.25) is 0 Å². The number of nitriles is 1. The summed E-state index contributed by atoms with van der Waals surface area (Å²) in [7, 11) is 0. The summed E-state index contributed by atoms with van der Waals surface area (Å²) in [6.07, 6.45) is 6.94. The van der Waals surface area contributed by atoms with E-state index in [9.17, 15) is 4.79 Å². The van der Waals surface area contributed by atoms with Crippen LogP contribution in [0.5, 0.6) is 0 Å². The number of nitrogens with one attached hydrogen (secondary N) is 1. The fourth-order valence-electron chi connectivity index (χ4n) is 1.28. The van der Waals surface area contributed by atoms with Crippen molar-refractivity contribution in [3.8, 4) is 6.07 Å². The maximum Gasteiger partial charge on any atom is 0.255 e. The van der Waals surface area contributed by atoms with E-state index in [1.165, 1.54) is 6.20 Å². The molecule has 0 amide bonds. The quantitative estimate of drug-likeness (QED) is 0.744. The van der Waals surface area contributed by atoms with Crippen LogP contribution >= 0.6 is 0 Å². The summed E-state index contributed by atoms with van der Waals surface area (Å²) in [5, 5.41) is 8.73. The zero-order chi connectivity index (χ0) is 11.3. The predicted octanol–water partition coefficient (Wildman–Crippen LogP) is 2.23. The molecule has 1 heterocycles. The molecule has 76 valence electrons. The standard InChI is InChI=1S/C12H12N2O/c1-3-5-10(4-2)11-6-9(7-13)8-14-12(11)15/h3-6,8H,1-2H3,(H,14,15)/b5-3-,10-4+. The zero-order valence-corrected chi connectivity index (χ0v) is 8.74. The van der Waals surface area contributed by atoms with Gasteiger partial charge in [-0.1, -0.05) is 18.2 Å². The molecular formula is C12H12N2O. The van der Waals surface area contributed by atoms with Crippen molar-refractivity contribution >= 4 is 5.57 Å². The van der Waals surface area contributed by atoms with Gasteiger partial charge in [-0.15, -0.1) is 0 Å². The van der Waals surface area contributed by atoms with Gasteiger partial charge in [-0.2, -0.15) is 5.26 Å². The minimum absolute atomic E-state index is 0.180. The summed E-state index contributed by atoms with van der Waals surface area (Å²) in [4.78, 5) is 14.1. The summed E-state index contributed by atoms with van der Waals surface area (Å²) in [5.74, 6) is 0. The fraction of sp³-hybridized carbons (Fsp3) is 0.167. The highest BCUT2D eigenvalue weighted by Gasteiger charge is 2.03. The van der Waals surface area contributed by atoms with Crippen LogP contribution in [0.25, 0.3) is 5.57 Å². The molecule has 3 heteroatoms. The van der Waals surface area contributed by atoms with Crippen LogP contribution in [-0.4, -0.2) is 4.98 Å². The second kappa shape index (κ2) is 4.97. The molecule has 1 aromatic heterocycles. The van der Waals surface area contributed by atoms with Crippen molar-refractivity contribution in [3.05, 3.63) is 52.0 Å². The highest BCUT2D eigenvalue weighted by atomic mass is 16.1. The molecule has 0 aliphatic carbocycles. The van der Waals surface area contributed by atoms with E-state index in [1.54, 1.807) is 6.07 Å². The van der Waals surface area contributed by atoms with Crippen LogP contribution in [0.4, 0.5) is 0 Å². The molecule has 0 aliphatic heterocycles. The van der Waals surface area contributed by atoms with Gasteiger partial charge in [-0.05, 0) is 25.5 Å². The van der Waals surface area contributed by atoms with Crippen molar-refractivity contribution in [3.63, 3.8) is 0 Å². The average Bonchev–Trinajstić information content (AvgIpc) is 2.27. The highest BCUT2D eigenvalue weighted by molar-refractivity contribution is 5.73.